The predicted octanol–water partition coefficient (Wildman–Crippen LogP) is 5.79. The number of carbonyl (C=O) groups is 2. The average Bonchev–Trinajstić information content (AvgIpc) is 2.72. The van der Waals surface area contributed by atoms with Gasteiger partial charge in [-0.1, -0.05) is 0 Å². The minimum absolute atomic E-state index is 0.170. The first-order chi connectivity index (χ1) is 14.5. The number of carboxylic acids is 1. The van der Waals surface area contributed by atoms with Crippen molar-refractivity contribution >= 4 is 23.7 Å². The number of aromatic carboxylic acids is 1. The highest BCUT2D eigenvalue weighted by Crippen LogP contribution is 2.61. The van der Waals surface area contributed by atoms with Crippen molar-refractivity contribution in [3.8, 4) is 5.75 Å². The van der Waals surface area contributed by atoms with Gasteiger partial charge in [-0.05, 0) is 116 Å². The van der Waals surface area contributed by atoms with Gasteiger partial charge in [0, 0.05) is 4.90 Å². The number of carboxylic acid groups (broad SMARTS) is 1. The number of hydrogen-bond donors (Lipinski definition) is 1. The molecule has 4 saturated carbocycles. The van der Waals surface area contributed by atoms with E-state index in [2.05, 4.69) is 18.4 Å². The van der Waals surface area contributed by atoms with E-state index in [-0.39, 0.29) is 11.0 Å². The summed E-state index contributed by atoms with van der Waals surface area (Å²) in [7, 11) is 0. The molecule has 4 nitrogen and oxygen atoms in total. The molecule has 1 N–H and O–H groups in total. The lowest BCUT2D eigenvalue weighted by Gasteiger charge is -2.57. The van der Waals surface area contributed by atoms with E-state index >= 15 is 0 Å². The summed E-state index contributed by atoms with van der Waals surface area (Å²) in [4.78, 5) is 25.2. The highest BCUT2D eigenvalue weighted by molar-refractivity contribution is 7.98. The quantitative estimate of drug-likeness (QED) is 0.375. The summed E-state index contributed by atoms with van der Waals surface area (Å²) < 4.78 is 5.54. The van der Waals surface area contributed by atoms with Gasteiger partial charge in [0.05, 0.1) is 11.1 Å². The number of thioether (sulfide) groups is 1. The average molecular weight is 423 g/mol. The van der Waals surface area contributed by atoms with E-state index in [0.717, 1.165) is 17.8 Å². The Bertz CT molecular complexity index is 959. The van der Waals surface area contributed by atoms with Crippen LogP contribution in [0.4, 0.5) is 0 Å². The number of ether oxygens (including phenoxy) is 1. The molecule has 4 fully saturated rings. The molecule has 4 bridgehead atoms. The minimum Gasteiger partial charge on any atom is -0.478 e. The number of rotatable bonds is 5. The monoisotopic (exact) mass is 422 g/mol. The molecular formula is C25H26O4S. The van der Waals surface area contributed by atoms with Gasteiger partial charge in [0.25, 0.3) is 0 Å². The third-order valence-corrected chi connectivity index (χ3v) is 8.15. The van der Waals surface area contributed by atoms with Crippen LogP contribution in [0.5, 0.6) is 5.75 Å². The largest absolute Gasteiger partial charge is 0.478 e. The Hall–Kier alpha value is -2.27. The fourth-order valence-corrected chi connectivity index (χ4v) is 7.22. The van der Waals surface area contributed by atoms with Crippen molar-refractivity contribution in [2.75, 3.05) is 6.26 Å². The second kappa shape index (κ2) is 7.45. The summed E-state index contributed by atoms with van der Waals surface area (Å²) >= 11 is 1.77. The SMILES string of the molecule is CSc1ccc(C(=O)Oc2ccc(C(=O)O)cc2)cc1C12CC3CC(CC(C3)C1)C2. The number of benzene rings is 2. The molecule has 4 aliphatic rings. The first-order valence-corrected chi connectivity index (χ1v) is 11.9. The van der Waals surface area contributed by atoms with Gasteiger partial charge in [0.1, 0.15) is 5.75 Å². The molecule has 0 unspecified atom stereocenters. The number of carbonyl (C=O) groups excluding carboxylic acids is 1. The highest BCUT2D eigenvalue weighted by Gasteiger charge is 2.52. The molecule has 6 rings (SSSR count). The van der Waals surface area contributed by atoms with E-state index in [9.17, 15) is 9.59 Å². The number of esters is 1. The van der Waals surface area contributed by atoms with Crippen LogP contribution in [0.2, 0.25) is 0 Å². The summed E-state index contributed by atoms with van der Waals surface area (Å²) in [5.41, 5.74) is 2.29. The Morgan fingerprint density at radius 2 is 1.50 bits per heavy atom. The normalized spacial score (nSPS) is 29.0. The summed E-state index contributed by atoms with van der Waals surface area (Å²) in [6.45, 7) is 0. The Balaban J connectivity index is 1.43. The molecule has 0 radical (unpaired) electrons. The summed E-state index contributed by atoms with van der Waals surface area (Å²) in [6, 6.07) is 11.9. The number of hydrogen-bond acceptors (Lipinski definition) is 4. The molecule has 0 amide bonds. The van der Waals surface area contributed by atoms with Gasteiger partial charge in [0.2, 0.25) is 0 Å². The topological polar surface area (TPSA) is 63.6 Å². The van der Waals surface area contributed by atoms with Crippen molar-refractivity contribution < 1.29 is 19.4 Å². The van der Waals surface area contributed by atoms with Crippen LogP contribution in [0.15, 0.2) is 47.4 Å². The zero-order chi connectivity index (χ0) is 20.9. The molecule has 0 aromatic heterocycles. The lowest BCUT2D eigenvalue weighted by atomic mass is 9.48. The Labute approximate surface area is 181 Å². The molecule has 0 heterocycles. The Morgan fingerprint density at radius 1 is 0.933 bits per heavy atom. The van der Waals surface area contributed by atoms with Crippen LogP contribution >= 0.6 is 11.8 Å². The Morgan fingerprint density at radius 3 is 2.03 bits per heavy atom. The van der Waals surface area contributed by atoms with Crippen LogP contribution in [0.1, 0.15) is 64.8 Å². The standard InChI is InChI=1S/C25H26O4S/c1-30-22-7-4-19(24(28)29-20-5-2-18(3-6-20)23(26)27)11-21(22)25-12-15-8-16(13-25)10-17(9-15)14-25/h2-7,11,15-17H,8-10,12-14H2,1H3,(H,26,27). The van der Waals surface area contributed by atoms with E-state index in [1.807, 2.05) is 6.07 Å². The molecule has 4 aliphatic carbocycles. The van der Waals surface area contributed by atoms with Gasteiger partial charge in [-0.25, -0.2) is 9.59 Å². The van der Waals surface area contributed by atoms with E-state index in [1.165, 1.54) is 73.2 Å². The second-order valence-electron chi connectivity index (χ2n) is 9.33. The maximum Gasteiger partial charge on any atom is 0.343 e. The maximum atomic E-state index is 12.9. The maximum absolute atomic E-state index is 12.9. The van der Waals surface area contributed by atoms with Crippen LogP contribution in [0.3, 0.4) is 0 Å². The van der Waals surface area contributed by atoms with Crippen LogP contribution < -0.4 is 4.74 Å². The van der Waals surface area contributed by atoms with Crippen molar-refractivity contribution in [2.24, 2.45) is 17.8 Å². The van der Waals surface area contributed by atoms with E-state index in [4.69, 9.17) is 9.84 Å². The zero-order valence-electron chi connectivity index (χ0n) is 17.1. The van der Waals surface area contributed by atoms with Gasteiger partial charge >= 0.3 is 11.9 Å². The molecule has 0 aliphatic heterocycles. The van der Waals surface area contributed by atoms with Gasteiger partial charge in [-0.2, -0.15) is 0 Å². The summed E-state index contributed by atoms with van der Waals surface area (Å²) in [6.07, 6.45) is 10.0. The molecule has 5 heteroatoms. The molecule has 2 aromatic rings. The lowest BCUT2D eigenvalue weighted by molar-refractivity contribution is -0.00642. The molecular weight excluding hydrogens is 396 g/mol. The van der Waals surface area contributed by atoms with Crippen LogP contribution in [0.25, 0.3) is 0 Å². The first kappa shape index (κ1) is 19.7. The zero-order valence-corrected chi connectivity index (χ0v) is 17.9. The van der Waals surface area contributed by atoms with Gasteiger partial charge in [-0.3, -0.25) is 0 Å². The molecule has 0 saturated heterocycles. The third kappa shape index (κ3) is 3.43. The fourth-order valence-electron chi connectivity index (χ4n) is 6.52. The first-order valence-electron chi connectivity index (χ1n) is 10.7. The van der Waals surface area contributed by atoms with Gasteiger partial charge < -0.3 is 9.84 Å². The fraction of sp³-hybridized carbons (Fsp3) is 0.440. The summed E-state index contributed by atoms with van der Waals surface area (Å²) in [5, 5.41) is 9.02. The molecule has 2 aromatic carbocycles. The van der Waals surface area contributed by atoms with Crippen molar-refractivity contribution in [2.45, 2.75) is 48.8 Å². The van der Waals surface area contributed by atoms with Crippen LogP contribution in [0, 0.1) is 17.8 Å². The second-order valence-corrected chi connectivity index (χ2v) is 10.2. The minimum atomic E-state index is -0.999. The van der Waals surface area contributed by atoms with E-state index < -0.39 is 11.9 Å². The lowest BCUT2D eigenvalue weighted by Crippen LogP contribution is -2.48. The van der Waals surface area contributed by atoms with Crippen LogP contribution in [-0.2, 0) is 5.41 Å². The molecule has 0 spiro atoms. The molecule has 0 atom stereocenters. The van der Waals surface area contributed by atoms with Crippen molar-refractivity contribution in [3.05, 3.63) is 59.2 Å². The van der Waals surface area contributed by atoms with Gasteiger partial charge in [-0.15, -0.1) is 11.8 Å². The summed E-state index contributed by atoms with van der Waals surface area (Å²) in [5.74, 6) is 1.49. The van der Waals surface area contributed by atoms with Crippen molar-refractivity contribution in [1.82, 2.24) is 0 Å². The molecule has 30 heavy (non-hydrogen) atoms. The molecule has 156 valence electrons. The third-order valence-electron chi connectivity index (χ3n) is 7.36. The van der Waals surface area contributed by atoms with E-state index in [1.54, 1.807) is 11.8 Å². The van der Waals surface area contributed by atoms with Crippen LogP contribution in [-0.4, -0.2) is 23.3 Å². The Kier molecular flexibility index (Phi) is 4.89. The highest BCUT2D eigenvalue weighted by atomic mass is 32.2. The van der Waals surface area contributed by atoms with Crippen molar-refractivity contribution in [1.29, 1.82) is 0 Å². The van der Waals surface area contributed by atoms with E-state index in [0.29, 0.717) is 11.3 Å². The van der Waals surface area contributed by atoms with Crippen molar-refractivity contribution in [3.63, 3.8) is 0 Å². The van der Waals surface area contributed by atoms with Gasteiger partial charge in [0.15, 0.2) is 0 Å². The smallest absolute Gasteiger partial charge is 0.343 e. The predicted molar refractivity (Wildman–Crippen MR) is 116 cm³/mol.